The average molecular weight is 286 g/mol. The number of β-amino-alcohol motifs (C(OH)–C–C–N with tert-alkyl or cyclic N) is 1. The van der Waals surface area contributed by atoms with Crippen molar-refractivity contribution in [1.29, 1.82) is 0 Å². The molecule has 21 heavy (non-hydrogen) atoms. The Morgan fingerprint density at radius 2 is 1.67 bits per heavy atom. The number of aliphatic hydroxyl groups is 1. The van der Waals surface area contributed by atoms with E-state index in [1.54, 1.807) is 6.26 Å². The van der Waals surface area contributed by atoms with Crippen molar-refractivity contribution in [3.05, 3.63) is 60.1 Å². The lowest BCUT2D eigenvalue weighted by atomic mass is 10.2. The highest BCUT2D eigenvalue weighted by Crippen LogP contribution is 2.16. The van der Waals surface area contributed by atoms with Crippen molar-refractivity contribution in [2.24, 2.45) is 0 Å². The number of hydrogen-bond acceptors (Lipinski definition) is 4. The Kier molecular flexibility index (Phi) is 4.70. The maximum atomic E-state index is 10.1. The lowest BCUT2D eigenvalue weighted by Crippen LogP contribution is -2.47. The van der Waals surface area contributed by atoms with E-state index in [9.17, 15) is 5.11 Å². The van der Waals surface area contributed by atoms with Gasteiger partial charge in [-0.3, -0.25) is 9.80 Å². The van der Waals surface area contributed by atoms with Crippen LogP contribution in [-0.4, -0.2) is 47.6 Å². The molecule has 1 N–H and O–H groups in total. The van der Waals surface area contributed by atoms with Crippen LogP contribution >= 0.6 is 0 Å². The molecule has 1 aromatic heterocycles. The van der Waals surface area contributed by atoms with Gasteiger partial charge >= 0.3 is 0 Å². The third kappa shape index (κ3) is 3.94. The number of furan rings is 1. The molecule has 0 unspecified atom stereocenters. The number of piperazine rings is 1. The predicted molar refractivity (Wildman–Crippen MR) is 81.8 cm³/mol. The van der Waals surface area contributed by atoms with Gasteiger partial charge in [0, 0.05) is 39.3 Å². The van der Waals surface area contributed by atoms with Crippen LogP contribution in [0.5, 0.6) is 0 Å². The molecular formula is C17H22N2O2. The zero-order valence-corrected chi connectivity index (χ0v) is 12.2. The molecule has 0 aliphatic carbocycles. The zero-order chi connectivity index (χ0) is 14.5. The number of benzene rings is 1. The first-order valence-electron chi connectivity index (χ1n) is 7.51. The van der Waals surface area contributed by atoms with Crippen LogP contribution in [0, 0.1) is 0 Å². The van der Waals surface area contributed by atoms with Gasteiger partial charge in [0.25, 0.3) is 0 Å². The van der Waals surface area contributed by atoms with Crippen LogP contribution in [0.15, 0.2) is 53.1 Å². The van der Waals surface area contributed by atoms with Crippen molar-refractivity contribution >= 4 is 0 Å². The molecule has 0 saturated carbocycles. The molecule has 1 atom stereocenters. The van der Waals surface area contributed by atoms with Gasteiger partial charge in [0.1, 0.15) is 11.9 Å². The zero-order valence-electron chi connectivity index (χ0n) is 12.2. The van der Waals surface area contributed by atoms with Gasteiger partial charge in [-0.2, -0.15) is 0 Å². The van der Waals surface area contributed by atoms with E-state index >= 15 is 0 Å². The van der Waals surface area contributed by atoms with E-state index in [-0.39, 0.29) is 0 Å². The highest BCUT2D eigenvalue weighted by molar-refractivity contribution is 5.14. The van der Waals surface area contributed by atoms with E-state index in [2.05, 4.69) is 40.1 Å². The summed E-state index contributed by atoms with van der Waals surface area (Å²) in [6.45, 7) is 5.72. The van der Waals surface area contributed by atoms with Crippen molar-refractivity contribution in [3.8, 4) is 0 Å². The fourth-order valence-corrected chi connectivity index (χ4v) is 2.79. The molecule has 112 valence electrons. The summed E-state index contributed by atoms with van der Waals surface area (Å²) >= 11 is 0. The second-order valence-corrected chi connectivity index (χ2v) is 5.59. The standard InChI is InChI=1S/C17H22N2O2/c20-16(17-7-4-12-21-17)14-19-10-8-18(9-11-19)13-15-5-2-1-3-6-15/h1-7,12,16,20H,8-11,13-14H2/t16-/m1/s1. The molecule has 2 heterocycles. The summed E-state index contributed by atoms with van der Waals surface area (Å²) in [7, 11) is 0. The first kappa shape index (κ1) is 14.3. The summed E-state index contributed by atoms with van der Waals surface area (Å²) < 4.78 is 5.25. The minimum Gasteiger partial charge on any atom is -0.467 e. The van der Waals surface area contributed by atoms with Crippen molar-refractivity contribution < 1.29 is 9.52 Å². The molecular weight excluding hydrogens is 264 g/mol. The largest absolute Gasteiger partial charge is 0.467 e. The number of nitrogens with zero attached hydrogens (tertiary/aromatic N) is 2. The van der Waals surface area contributed by atoms with Crippen LogP contribution in [0.2, 0.25) is 0 Å². The topological polar surface area (TPSA) is 39.9 Å². The van der Waals surface area contributed by atoms with E-state index in [0.29, 0.717) is 12.3 Å². The summed E-state index contributed by atoms with van der Waals surface area (Å²) in [5.41, 5.74) is 1.36. The van der Waals surface area contributed by atoms with Crippen LogP contribution in [0.1, 0.15) is 17.4 Å². The Morgan fingerprint density at radius 1 is 0.952 bits per heavy atom. The minimum absolute atomic E-state index is 0.527. The summed E-state index contributed by atoms with van der Waals surface area (Å²) in [4.78, 5) is 4.76. The molecule has 2 aromatic rings. The fraction of sp³-hybridized carbons (Fsp3) is 0.412. The molecule has 1 aliphatic rings. The summed E-state index contributed by atoms with van der Waals surface area (Å²) in [5, 5.41) is 10.1. The molecule has 1 aromatic carbocycles. The Hall–Kier alpha value is -1.62. The molecule has 4 nitrogen and oxygen atoms in total. The Balaban J connectivity index is 1.45. The van der Waals surface area contributed by atoms with Crippen molar-refractivity contribution in [2.75, 3.05) is 32.7 Å². The van der Waals surface area contributed by atoms with Crippen molar-refractivity contribution in [3.63, 3.8) is 0 Å². The summed E-state index contributed by atoms with van der Waals surface area (Å²) in [5.74, 6) is 0.654. The number of hydrogen-bond donors (Lipinski definition) is 1. The molecule has 1 fully saturated rings. The minimum atomic E-state index is -0.527. The SMILES string of the molecule is O[C@H](CN1CCN(Cc2ccccc2)CC1)c1ccco1. The second-order valence-electron chi connectivity index (χ2n) is 5.59. The van der Waals surface area contributed by atoms with Crippen LogP contribution in [0.3, 0.4) is 0 Å². The Morgan fingerprint density at radius 3 is 2.33 bits per heavy atom. The molecule has 1 saturated heterocycles. The smallest absolute Gasteiger partial charge is 0.133 e. The van der Waals surface area contributed by atoms with Crippen LogP contribution in [-0.2, 0) is 6.54 Å². The number of aliphatic hydroxyl groups excluding tert-OH is 1. The van der Waals surface area contributed by atoms with E-state index in [4.69, 9.17) is 4.42 Å². The van der Waals surface area contributed by atoms with E-state index in [0.717, 1.165) is 32.7 Å². The Labute approximate surface area is 125 Å². The van der Waals surface area contributed by atoms with Crippen LogP contribution in [0.25, 0.3) is 0 Å². The molecule has 0 radical (unpaired) electrons. The Bertz CT molecular complexity index is 519. The monoisotopic (exact) mass is 286 g/mol. The predicted octanol–water partition coefficient (Wildman–Crippen LogP) is 2.13. The van der Waals surface area contributed by atoms with Gasteiger partial charge in [-0.1, -0.05) is 30.3 Å². The third-order valence-corrected chi connectivity index (χ3v) is 4.02. The molecule has 1 aliphatic heterocycles. The quantitative estimate of drug-likeness (QED) is 0.914. The first-order chi connectivity index (χ1) is 10.3. The summed E-state index contributed by atoms with van der Waals surface area (Å²) in [6.07, 6.45) is 1.08. The van der Waals surface area contributed by atoms with Gasteiger partial charge in [0.15, 0.2) is 0 Å². The van der Waals surface area contributed by atoms with E-state index < -0.39 is 6.10 Å². The third-order valence-electron chi connectivity index (χ3n) is 4.02. The average Bonchev–Trinajstić information content (AvgIpc) is 3.05. The summed E-state index contributed by atoms with van der Waals surface area (Å²) in [6, 6.07) is 14.2. The van der Waals surface area contributed by atoms with Gasteiger partial charge in [-0.15, -0.1) is 0 Å². The van der Waals surface area contributed by atoms with Gasteiger partial charge in [0.05, 0.1) is 6.26 Å². The normalized spacial score (nSPS) is 18.7. The fourth-order valence-electron chi connectivity index (χ4n) is 2.79. The van der Waals surface area contributed by atoms with E-state index in [1.807, 2.05) is 12.1 Å². The molecule has 0 spiro atoms. The van der Waals surface area contributed by atoms with Gasteiger partial charge in [-0.25, -0.2) is 0 Å². The molecule has 3 rings (SSSR count). The highest BCUT2D eigenvalue weighted by Gasteiger charge is 2.20. The van der Waals surface area contributed by atoms with Crippen molar-refractivity contribution in [2.45, 2.75) is 12.6 Å². The molecule has 4 heteroatoms. The second kappa shape index (κ2) is 6.89. The van der Waals surface area contributed by atoms with Gasteiger partial charge in [0.2, 0.25) is 0 Å². The van der Waals surface area contributed by atoms with Gasteiger partial charge in [-0.05, 0) is 17.7 Å². The highest BCUT2D eigenvalue weighted by atomic mass is 16.4. The van der Waals surface area contributed by atoms with Crippen molar-refractivity contribution in [1.82, 2.24) is 9.80 Å². The lowest BCUT2D eigenvalue weighted by molar-refractivity contribution is 0.0598. The lowest BCUT2D eigenvalue weighted by Gasteiger charge is -2.35. The molecule has 0 bridgehead atoms. The van der Waals surface area contributed by atoms with Crippen LogP contribution < -0.4 is 0 Å². The van der Waals surface area contributed by atoms with Crippen LogP contribution in [0.4, 0.5) is 0 Å². The van der Waals surface area contributed by atoms with E-state index in [1.165, 1.54) is 5.56 Å². The first-order valence-corrected chi connectivity index (χ1v) is 7.51. The molecule has 0 amide bonds. The number of rotatable bonds is 5. The maximum absolute atomic E-state index is 10.1. The maximum Gasteiger partial charge on any atom is 0.133 e. The van der Waals surface area contributed by atoms with Gasteiger partial charge < -0.3 is 9.52 Å².